The van der Waals surface area contributed by atoms with E-state index in [-0.39, 0.29) is 24.7 Å². The molecule has 1 amide bonds. The largest absolute Gasteiger partial charge is 0.361 e. The van der Waals surface area contributed by atoms with Crippen LogP contribution in [0.1, 0.15) is 23.4 Å². The van der Waals surface area contributed by atoms with Gasteiger partial charge in [-0.15, -0.1) is 12.4 Å². The molecule has 1 aromatic heterocycles. The number of amides is 1. The van der Waals surface area contributed by atoms with Crippen molar-refractivity contribution in [2.45, 2.75) is 26.3 Å². The Morgan fingerprint density at radius 1 is 1.32 bits per heavy atom. The van der Waals surface area contributed by atoms with Crippen LogP contribution in [0.25, 0.3) is 0 Å². The van der Waals surface area contributed by atoms with Crippen LogP contribution < -0.4 is 5.73 Å². The quantitative estimate of drug-likeness (QED) is 0.848. The van der Waals surface area contributed by atoms with Gasteiger partial charge >= 0.3 is 0 Å². The first kappa shape index (κ1) is 18.2. The first-order valence-corrected chi connectivity index (χ1v) is 7.13. The number of aromatic nitrogens is 1. The molecular weight excluding hydrogens is 302 g/mol. The lowest BCUT2D eigenvalue weighted by Gasteiger charge is -2.22. The Labute approximate surface area is 136 Å². The number of hydrogen-bond donors (Lipinski definition) is 1. The maximum Gasteiger partial charge on any atom is 0.229 e. The minimum Gasteiger partial charge on any atom is -0.361 e. The molecule has 2 rings (SSSR count). The molecule has 0 bridgehead atoms. The van der Waals surface area contributed by atoms with Gasteiger partial charge in [-0.2, -0.15) is 0 Å². The van der Waals surface area contributed by atoms with Crippen LogP contribution in [-0.4, -0.2) is 29.1 Å². The maximum absolute atomic E-state index is 12.4. The van der Waals surface area contributed by atoms with Gasteiger partial charge in [0.2, 0.25) is 5.91 Å². The van der Waals surface area contributed by atoms with Gasteiger partial charge in [-0.3, -0.25) is 4.79 Å². The summed E-state index contributed by atoms with van der Waals surface area (Å²) < 4.78 is 5.00. The van der Waals surface area contributed by atoms with E-state index in [1.54, 1.807) is 6.07 Å². The number of nitrogens with two attached hydrogens (primary N) is 1. The van der Waals surface area contributed by atoms with Crippen LogP contribution in [-0.2, 0) is 17.8 Å². The van der Waals surface area contributed by atoms with Gasteiger partial charge in [0.25, 0.3) is 0 Å². The van der Waals surface area contributed by atoms with E-state index < -0.39 is 0 Å². The van der Waals surface area contributed by atoms with Gasteiger partial charge in [-0.05, 0) is 25.5 Å². The molecule has 120 valence electrons. The molecule has 1 heterocycles. The van der Waals surface area contributed by atoms with E-state index >= 15 is 0 Å². The highest BCUT2D eigenvalue weighted by Crippen LogP contribution is 2.09. The smallest absolute Gasteiger partial charge is 0.229 e. The molecule has 0 aliphatic rings. The Morgan fingerprint density at radius 3 is 2.64 bits per heavy atom. The zero-order valence-corrected chi connectivity index (χ0v) is 13.5. The van der Waals surface area contributed by atoms with Gasteiger partial charge in [0.05, 0.1) is 12.1 Å². The Morgan fingerprint density at radius 2 is 2.05 bits per heavy atom. The number of halogens is 1. The standard InChI is InChI=1S/C16H21N3O2.ClH/c1-13-10-15(18-21-13)11-16(20)19(9-5-8-17)12-14-6-3-2-4-7-14;/h2-4,6-7,10H,5,8-9,11-12,17H2,1H3;1H. The van der Waals surface area contributed by atoms with Crippen molar-refractivity contribution in [1.82, 2.24) is 10.1 Å². The van der Waals surface area contributed by atoms with Crippen LogP contribution in [0.15, 0.2) is 40.9 Å². The van der Waals surface area contributed by atoms with Gasteiger partial charge in [0.15, 0.2) is 0 Å². The summed E-state index contributed by atoms with van der Waals surface area (Å²) in [5.74, 6) is 0.759. The first-order valence-electron chi connectivity index (χ1n) is 7.13. The van der Waals surface area contributed by atoms with Gasteiger partial charge in [0.1, 0.15) is 5.76 Å². The van der Waals surface area contributed by atoms with Crippen molar-refractivity contribution < 1.29 is 9.32 Å². The van der Waals surface area contributed by atoms with Crippen molar-refractivity contribution in [3.8, 4) is 0 Å². The van der Waals surface area contributed by atoms with E-state index in [0.29, 0.717) is 25.3 Å². The first-order chi connectivity index (χ1) is 10.2. The Hall–Kier alpha value is -1.85. The van der Waals surface area contributed by atoms with E-state index in [4.69, 9.17) is 10.3 Å². The number of rotatable bonds is 7. The Kier molecular flexibility index (Phi) is 7.63. The van der Waals surface area contributed by atoms with E-state index in [0.717, 1.165) is 17.7 Å². The topological polar surface area (TPSA) is 72.4 Å². The summed E-state index contributed by atoms with van der Waals surface area (Å²) in [7, 11) is 0. The highest BCUT2D eigenvalue weighted by atomic mass is 35.5. The monoisotopic (exact) mass is 323 g/mol. The van der Waals surface area contributed by atoms with E-state index in [9.17, 15) is 4.79 Å². The zero-order valence-electron chi connectivity index (χ0n) is 12.7. The number of nitrogens with zero attached hydrogens (tertiary/aromatic N) is 2. The minimum atomic E-state index is 0. The molecule has 6 heteroatoms. The lowest BCUT2D eigenvalue weighted by Crippen LogP contribution is -2.33. The second-order valence-electron chi connectivity index (χ2n) is 5.05. The maximum atomic E-state index is 12.4. The second-order valence-corrected chi connectivity index (χ2v) is 5.05. The third-order valence-corrected chi connectivity index (χ3v) is 3.21. The van der Waals surface area contributed by atoms with Gasteiger partial charge in [0, 0.05) is 19.2 Å². The SMILES string of the molecule is Cc1cc(CC(=O)N(CCCN)Cc2ccccc2)no1.Cl. The second kappa shape index (κ2) is 9.23. The fourth-order valence-electron chi connectivity index (χ4n) is 2.15. The molecule has 0 aliphatic carbocycles. The molecule has 0 saturated carbocycles. The highest BCUT2D eigenvalue weighted by molar-refractivity contribution is 5.85. The molecule has 22 heavy (non-hydrogen) atoms. The third kappa shape index (κ3) is 5.50. The average molecular weight is 324 g/mol. The molecule has 0 atom stereocenters. The van der Waals surface area contributed by atoms with Gasteiger partial charge < -0.3 is 15.2 Å². The molecule has 2 aromatic rings. The lowest BCUT2D eigenvalue weighted by atomic mass is 10.2. The molecule has 2 N–H and O–H groups in total. The van der Waals surface area contributed by atoms with Crippen LogP contribution in [0, 0.1) is 6.92 Å². The molecule has 0 spiro atoms. The summed E-state index contributed by atoms with van der Waals surface area (Å²) in [6.45, 7) is 3.64. The van der Waals surface area contributed by atoms with Crippen molar-refractivity contribution in [3.05, 3.63) is 53.4 Å². The van der Waals surface area contributed by atoms with Crippen molar-refractivity contribution in [2.75, 3.05) is 13.1 Å². The summed E-state index contributed by atoms with van der Waals surface area (Å²) in [5, 5.41) is 3.88. The Bertz CT molecular complexity index is 572. The van der Waals surface area contributed by atoms with Crippen LogP contribution in [0.3, 0.4) is 0 Å². The van der Waals surface area contributed by atoms with Crippen molar-refractivity contribution in [2.24, 2.45) is 5.73 Å². The van der Waals surface area contributed by atoms with Crippen molar-refractivity contribution in [3.63, 3.8) is 0 Å². The molecule has 0 aliphatic heterocycles. The highest BCUT2D eigenvalue weighted by Gasteiger charge is 2.16. The van der Waals surface area contributed by atoms with Crippen LogP contribution >= 0.6 is 12.4 Å². The fraction of sp³-hybridized carbons (Fsp3) is 0.375. The lowest BCUT2D eigenvalue weighted by molar-refractivity contribution is -0.131. The Balaban J connectivity index is 0.00000242. The minimum absolute atomic E-state index is 0. The summed E-state index contributed by atoms with van der Waals surface area (Å²) in [5.41, 5.74) is 7.34. The van der Waals surface area contributed by atoms with Gasteiger partial charge in [-0.1, -0.05) is 35.5 Å². The van der Waals surface area contributed by atoms with Crippen LogP contribution in [0.2, 0.25) is 0 Å². The van der Waals surface area contributed by atoms with Gasteiger partial charge in [-0.25, -0.2) is 0 Å². The molecule has 0 fully saturated rings. The van der Waals surface area contributed by atoms with Crippen molar-refractivity contribution >= 4 is 18.3 Å². The zero-order chi connectivity index (χ0) is 15.1. The number of carbonyl (C=O) groups excluding carboxylic acids is 1. The normalized spacial score (nSPS) is 10.1. The number of aryl methyl sites for hydroxylation is 1. The fourth-order valence-corrected chi connectivity index (χ4v) is 2.15. The molecular formula is C16H22ClN3O2. The average Bonchev–Trinajstić information content (AvgIpc) is 2.89. The predicted molar refractivity (Wildman–Crippen MR) is 87.7 cm³/mol. The summed E-state index contributed by atoms with van der Waals surface area (Å²) >= 11 is 0. The summed E-state index contributed by atoms with van der Waals surface area (Å²) in [6, 6.07) is 11.7. The summed E-state index contributed by atoms with van der Waals surface area (Å²) in [4.78, 5) is 14.3. The predicted octanol–water partition coefficient (Wildman–Crippen LogP) is 2.32. The van der Waals surface area contributed by atoms with E-state index in [1.165, 1.54) is 0 Å². The number of hydrogen-bond acceptors (Lipinski definition) is 4. The van der Waals surface area contributed by atoms with Crippen LogP contribution in [0.4, 0.5) is 0 Å². The molecule has 0 radical (unpaired) electrons. The molecule has 5 nitrogen and oxygen atoms in total. The molecule has 1 aromatic carbocycles. The van der Waals surface area contributed by atoms with Crippen molar-refractivity contribution in [1.29, 1.82) is 0 Å². The third-order valence-electron chi connectivity index (χ3n) is 3.21. The van der Waals surface area contributed by atoms with E-state index in [2.05, 4.69) is 5.16 Å². The summed E-state index contributed by atoms with van der Waals surface area (Å²) in [6.07, 6.45) is 1.05. The number of benzene rings is 1. The van der Waals surface area contributed by atoms with Crippen LogP contribution in [0.5, 0.6) is 0 Å². The molecule has 0 saturated heterocycles. The van der Waals surface area contributed by atoms with E-state index in [1.807, 2.05) is 42.2 Å². The number of carbonyl (C=O) groups is 1. The molecule has 0 unspecified atom stereocenters.